The van der Waals surface area contributed by atoms with E-state index in [1.54, 1.807) is 0 Å². The predicted molar refractivity (Wildman–Crippen MR) is 85.8 cm³/mol. The molecule has 0 aromatic rings. The van der Waals surface area contributed by atoms with Crippen molar-refractivity contribution >= 4 is 11.6 Å². The van der Waals surface area contributed by atoms with Crippen LogP contribution in [0.15, 0.2) is 5.10 Å². The minimum absolute atomic E-state index is 0.0877. The second-order valence-electron chi connectivity index (χ2n) is 6.11. The molecule has 1 rings (SSSR count). The van der Waals surface area contributed by atoms with Gasteiger partial charge in [-0.1, -0.05) is 52.4 Å². The van der Waals surface area contributed by atoms with Crippen LogP contribution >= 0.6 is 0 Å². The van der Waals surface area contributed by atoms with Gasteiger partial charge in [0.15, 0.2) is 0 Å². The Morgan fingerprint density at radius 3 is 2.45 bits per heavy atom. The molecule has 0 spiro atoms. The third-order valence-corrected chi connectivity index (χ3v) is 4.23. The second kappa shape index (κ2) is 10.9. The van der Waals surface area contributed by atoms with E-state index in [0.717, 1.165) is 31.6 Å². The molecule has 1 aliphatic rings. The van der Waals surface area contributed by atoms with Gasteiger partial charge in [0.1, 0.15) is 0 Å². The molecule has 1 amide bonds. The quantitative estimate of drug-likeness (QED) is 0.478. The van der Waals surface area contributed by atoms with Gasteiger partial charge in [-0.3, -0.25) is 4.79 Å². The lowest BCUT2D eigenvalue weighted by atomic mass is 9.85. The molecule has 0 saturated heterocycles. The Hall–Kier alpha value is -0.860. The van der Waals surface area contributed by atoms with Crippen molar-refractivity contribution in [1.82, 2.24) is 5.43 Å². The van der Waals surface area contributed by atoms with Gasteiger partial charge in [0.05, 0.1) is 0 Å². The Bertz CT molecular complexity index is 289. The summed E-state index contributed by atoms with van der Waals surface area (Å²) in [6.45, 7) is 4.46. The summed E-state index contributed by atoms with van der Waals surface area (Å²) in [4.78, 5) is 11.7. The normalized spacial score (nSPS) is 18.9. The Morgan fingerprint density at radius 2 is 1.80 bits per heavy atom. The number of nitrogens with zero attached hydrogens (tertiary/aromatic N) is 1. The highest BCUT2D eigenvalue weighted by molar-refractivity contribution is 5.86. The van der Waals surface area contributed by atoms with Gasteiger partial charge in [-0.15, -0.1) is 0 Å². The van der Waals surface area contributed by atoms with Crippen molar-refractivity contribution in [3.8, 4) is 0 Å². The maximum absolute atomic E-state index is 11.7. The minimum atomic E-state index is 0.0877. The smallest absolute Gasteiger partial charge is 0.240 e. The fraction of sp³-hybridized carbons (Fsp3) is 0.882. The molecule has 3 heteroatoms. The number of carbonyl (C=O) groups is 1. The van der Waals surface area contributed by atoms with Crippen LogP contribution < -0.4 is 5.43 Å². The van der Waals surface area contributed by atoms with E-state index < -0.39 is 0 Å². The van der Waals surface area contributed by atoms with Gasteiger partial charge in [-0.05, 0) is 38.0 Å². The van der Waals surface area contributed by atoms with Gasteiger partial charge in [0, 0.05) is 12.1 Å². The number of nitrogens with one attached hydrogen (secondary N) is 1. The molecule has 0 aliphatic heterocycles. The Kier molecular flexibility index (Phi) is 9.35. The number of unbranched alkanes of at least 4 members (excludes halogenated alkanes) is 4. The lowest BCUT2D eigenvalue weighted by molar-refractivity contribution is -0.121. The zero-order valence-corrected chi connectivity index (χ0v) is 13.4. The van der Waals surface area contributed by atoms with Crippen molar-refractivity contribution in [3.05, 3.63) is 0 Å². The maximum atomic E-state index is 11.7. The summed E-state index contributed by atoms with van der Waals surface area (Å²) in [6, 6.07) is 0. The van der Waals surface area contributed by atoms with E-state index >= 15 is 0 Å². The van der Waals surface area contributed by atoms with Crippen LogP contribution in [0.1, 0.15) is 90.9 Å². The molecular formula is C17H32N2O. The fourth-order valence-corrected chi connectivity index (χ4v) is 2.91. The summed E-state index contributed by atoms with van der Waals surface area (Å²) in [5, 5.41) is 4.31. The number of hydrogen-bond acceptors (Lipinski definition) is 2. The Morgan fingerprint density at radius 1 is 1.10 bits per heavy atom. The third-order valence-electron chi connectivity index (χ3n) is 4.23. The summed E-state index contributed by atoms with van der Waals surface area (Å²) < 4.78 is 0. The van der Waals surface area contributed by atoms with Crippen LogP contribution in [-0.2, 0) is 4.79 Å². The Balaban J connectivity index is 2.09. The van der Waals surface area contributed by atoms with Gasteiger partial charge in [0.2, 0.25) is 5.91 Å². The molecule has 3 nitrogen and oxygen atoms in total. The molecule has 0 radical (unpaired) electrons. The van der Waals surface area contributed by atoms with Crippen LogP contribution in [0.2, 0.25) is 0 Å². The zero-order chi connectivity index (χ0) is 14.6. The molecule has 0 bridgehead atoms. The molecule has 116 valence electrons. The van der Waals surface area contributed by atoms with Crippen LogP contribution in [-0.4, -0.2) is 11.6 Å². The van der Waals surface area contributed by atoms with E-state index in [-0.39, 0.29) is 5.91 Å². The second-order valence-corrected chi connectivity index (χ2v) is 6.11. The summed E-state index contributed by atoms with van der Waals surface area (Å²) in [5.41, 5.74) is 3.93. The van der Waals surface area contributed by atoms with Crippen molar-refractivity contribution in [1.29, 1.82) is 0 Å². The van der Waals surface area contributed by atoms with E-state index in [4.69, 9.17) is 0 Å². The molecule has 1 N–H and O–H groups in total. The number of hydrazone groups is 1. The van der Waals surface area contributed by atoms with Gasteiger partial charge < -0.3 is 0 Å². The van der Waals surface area contributed by atoms with Gasteiger partial charge >= 0.3 is 0 Å². The highest BCUT2D eigenvalue weighted by Crippen LogP contribution is 2.25. The molecule has 20 heavy (non-hydrogen) atoms. The molecule has 1 aliphatic carbocycles. The summed E-state index contributed by atoms with van der Waals surface area (Å²) in [5.74, 6) is 0.970. The Labute approximate surface area is 124 Å². The molecule has 0 unspecified atom stereocenters. The summed E-state index contributed by atoms with van der Waals surface area (Å²) in [7, 11) is 0. The highest BCUT2D eigenvalue weighted by atomic mass is 16.2. The van der Waals surface area contributed by atoms with E-state index in [2.05, 4.69) is 24.4 Å². The number of rotatable bonds is 9. The van der Waals surface area contributed by atoms with Gasteiger partial charge in [-0.25, -0.2) is 5.43 Å². The van der Waals surface area contributed by atoms with Crippen molar-refractivity contribution in [2.45, 2.75) is 90.9 Å². The van der Waals surface area contributed by atoms with Gasteiger partial charge in [0.25, 0.3) is 0 Å². The van der Waals surface area contributed by atoms with E-state index in [1.165, 1.54) is 50.7 Å². The predicted octanol–water partition coefficient (Wildman–Crippen LogP) is 4.81. The van der Waals surface area contributed by atoms with Crippen LogP contribution in [0.4, 0.5) is 0 Å². The van der Waals surface area contributed by atoms with Crippen molar-refractivity contribution in [3.63, 3.8) is 0 Å². The first kappa shape index (κ1) is 17.2. The molecule has 0 aromatic heterocycles. The van der Waals surface area contributed by atoms with E-state index in [0.29, 0.717) is 6.42 Å². The maximum Gasteiger partial charge on any atom is 0.240 e. The average molecular weight is 280 g/mol. The van der Waals surface area contributed by atoms with Crippen LogP contribution in [0, 0.1) is 5.92 Å². The van der Waals surface area contributed by atoms with E-state index in [9.17, 15) is 4.79 Å². The largest absolute Gasteiger partial charge is 0.273 e. The number of carbonyl (C=O) groups excluding carboxylic acids is 1. The molecule has 0 heterocycles. The number of amides is 1. The van der Waals surface area contributed by atoms with Crippen molar-refractivity contribution in [2.75, 3.05) is 0 Å². The monoisotopic (exact) mass is 280 g/mol. The first-order valence-electron chi connectivity index (χ1n) is 8.60. The SMILES string of the molecule is CCCCCCCC(=O)NN=C1CCC(CCC)CC1. The van der Waals surface area contributed by atoms with Crippen LogP contribution in [0.5, 0.6) is 0 Å². The summed E-state index contributed by atoms with van der Waals surface area (Å²) in [6.07, 6.45) is 13.8. The first-order chi connectivity index (χ1) is 9.76. The topological polar surface area (TPSA) is 41.5 Å². The van der Waals surface area contributed by atoms with Crippen LogP contribution in [0.3, 0.4) is 0 Å². The summed E-state index contributed by atoms with van der Waals surface area (Å²) >= 11 is 0. The molecular weight excluding hydrogens is 248 g/mol. The lowest BCUT2D eigenvalue weighted by Crippen LogP contribution is -2.22. The lowest BCUT2D eigenvalue weighted by Gasteiger charge is -2.22. The van der Waals surface area contributed by atoms with Crippen molar-refractivity contribution < 1.29 is 4.79 Å². The molecule has 0 atom stereocenters. The first-order valence-corrected chi connectivity index (χ1v) is 8.60. The molecule has 1 fully saturated rings. The standard InChI is InChI=1S/C17H32N2O/c1-3-5-6-7-8-10-17(20)19-18-16-13-11-15(9-4-2)12-14-16/h15H,3-14H2,1-2H3,(H,19,20). The van der Waals surface area contributed by atoms with Gasteiger partial charge in [-0.2, -0.15) is 5.10 Å². The minimum Gasteiger partial charge on any atom is -0.273 e. The van der Waals surface area contributed by atoms with E-state index in [1.807, 2.05) is 0 Å². The highest BCUT2D eigenvalue weighted by Gasteiger charge is 2.16. The van der Waals surface area contributed by atoms with Crippen LogP contribution in [0.25, 0.3) is 0 Å². The fourth-order valence-electron chi connectivity index (χ4n) is 2.91. The third kappa shape index (κ3) is 7.66. The molecule has 1 saturated carbocycles. The zero-order valence-electron chi connectivity index (χ0n) is 13.4. The molecule has 0 aromatic carbocycles. The average Bonchev–Trinajstić information content (AvgIpc) is 2.47. The number of hydrogen-bond donors (Lipinski definition) is 1. The van der Waals surface area contributed by atoms with Crippen molar-refractivity contribution in [2.24, 2.45) is 11.0 Å².